The molecule has 5 nitrogen and oxygen atoms in total. The van der Waals surface area contributed by atoms with Gasteiger partial charge in [-0.05, 0) is 19.1 Å². The van der Waals surface area contributed by atoms with Crippen LogP contribution >= 0.6 is 0 Å². The lowest BCUT2D eigenvalue weighted by Crippen LogP contribution is -2.22. The Morgan fingerprint density at radius 1 is 1.08 bits per heavy atom. The summed E-state index contributed by atoms with van der Waals surface area (Å²) in [7, 11) is 1.65. The van der Waals surface area contributed by atoms with Gasteiger partial charge >= 0.3 is 0 Å². The molecule has 0 atom stereocenters. The second-order valence-electron chi connectivity index (χ2n) is 5.29. The van der Waals surface area contributed by atoms with Crippen molar-refractivity contribution < 1.29 is 4.74 Å². The maximum atomic E-state index is 12.7. The Balaban J connectivity index is 2.10. The molecule has 0 saturated carbocycles. The third-order valence-corrected chi connectivity index (χ3v) is 3.67. The summed E-state index contributed by atoms with van der Waals surface area (Å²) < 4.78 is 7.17. The number of hydrogen-bond donors (Lipinski definition) is 0. The average Bonchev–Trinajstić information content (AvgIpc) is 2.62. The van der Waals surface area contributed by atoms with Gasteiger partial charge in [0.05, 0.1) is 11.3 Å². The minimum absolute atomic E-state index is 0.125. The summed E-state index contributed by atoms with van der Waals surface area (Å²) in [4.78, 5) is 17.2. The minimum Gasteiger partial charge on any atom is -0.448 e. The molecule has 24 heavy (non-hydrogen) atoms. The Labute approximate surface area is 139 Å². The lowest BCUT2D eigenvalue weighted by Gasteiger charge is -2.13. The number of nitrogens with zero attached hydrogens (tertiary/aromatic N) is 3. The molecular weight excluding hydrogens is 302 g/mol. The van der Waals surface area contributed by atoms with Crippen LogP contribution < -0.4 is 10.3 Å². The van der Waals surface area contributed by atoms with Crippen LogP contribution in [-0.4, -0.2) is 9.55 Å². The summed E-state index contributed by atoms with van der Waals surface area (Å²) >= 11 is 0. The van der Waals surface area contributed by atoms with Crippen LogP contribution in [0, 0.1) is 18.3 Å². The quantitative estimate of drug-likeness (QED) is 0.742. The van der Waals surface area contributed by atoms with Crippen molar-refractivity contribution >= 4 is 0 Å². The van der Waals surface area contributed by atoms with E-state index in [0.29, 0.717) is 22.8 Å². The molecule has 0 aliphatic carbocycles. The molecule has 1 heterocycles. The van der Waals surface area contributed by atoms with Gasteiger partial charge in [-0.25, -0.2) is 4.98 Å². The Morgan fingerprint density at radius 2 is 1.75 bits per heavy atom. The predicted molar refractivity (Wildman–Crippen MR) is 90.9 cm³/mol. The molecule has 0 spiro atoms. The highest BCUT2D eigenvalue weighted by molar-refractivity contribution is 5.56. The maximum Gasteiger partial charge on any atom is 0.296 e. The van der Waals surface area contributed by atoms with Gasteiger partial charge in [-0.1, -0.05) is 42.5 Å². The molecule has 0 radical (unpaired) electrons. The van der Waals surface area contributed by atoms with Gasteiger partial charge in [0.1, 0.15) is 17.6 Å². The molecule has 0 unspecified atom stereocenters. The normalized spacial score (nSPS) is 10.2. The molecule has 0 bridgehead atoms. The summed E-state index contributed by atoms with van der Waals surface area (Å²) in [5.74, 6) is 1.04. The highest BCUT2D eigenvalue weighted by Crippen LogP contribution is 2.25. The van der Waals surface area contributed by atoms with Crippen molar-refractivity contribution in [3.05, 3.63) is 76.2 Å². The maximum absolute atomic E-state index is 12.7. The van der Waals surface area contributed by atoms with Crippen LogP contribution in [0.1, 0.15) is 11.3 Å². The number of nitriles is 1. The zero-order chi connectivity index (χ0) is 17.1. The van der Waals surface area contributed by atoms with E-state index in [1.54, 1.807) is 38.2 Å². The van der Waals surface area contributed by atoms with Crippen LogP contribution in [0.5, 0.6) is 11.5 Å². The number of ether oxygens (including phenoxy) is 1. The first-order valence-corrected chi connectivity index (χ1v) is 7.42. The Morgan fingerprint density at radius 3 is 2.46 bits per heavy atom. The lowest BCUT2D eigenvalue weighted by molar-refractivity contribution is 0.460. The van der Waals surface area contributed by atoms with E-state index >= 15 is 0 Å². The van der Waals surface area contributed by atoms with E-state index in [4.69, 9.17) is 10.00 Å². The fraction of sp³-hybridized carbons (Fsp3) is 0.105. The number of aryl methyl sites for hydroxylation is 1. The molecule has 0 aliphatic rings. The molecule has 2 aromatic carbocycles. The van der Waals surface area contributed by atoms with Crippen LogP contribution in [-0.2, 0) is 7.05 Å². The topological polar surface area (TPSA) is 67.9 Å². The fourth-order valence-electron chi connectivity index (χ4n) is 2.41. The summed E-state index contributed by atoms with van der Waals surface area (Å²) in [6, 6.07) is 18.3. The minimum atomic E-state index is -0.297. The molecule has 0 amide bonds. The molecule has 0 fully saturated rings. The monoisotopic (exact) mass is 317 g/mol. The van der Waals surface area contributed by atoms with Gasteiger partial charge in [0, 0.05) is 12.6 Å². The van der Waals surface area contributed by atoms with Crippen molar-refractivity contribution in [2.45, 2.75) is 6.92 Å². The van der Waals surface area contributed by atoms with E-state index in [9.17, 15) is 4.79 Å². The third-order valence-electron chi connectivity index (χ3n) is 3.67. The van der Waals surface area contributed by atoms with E-state index < -0.39 is 0 Å². The van der Waals surface area contributed by atoms with Gasteiger partial charge in [-0.2, -0.15) is 5.26 Å². The zero-order valence-corrected chi connectivity index (χ0v) is 13.4. The second kappa shape index (κ2) is 6.39. The Kier molecular flexibility index (Phi) is 4.13. The molecule has 0 aliphatic heterocycles. The number of para-hydroxylation sites is 1. The highest BCUT2D eigenvalue weighted by atomic mass is 16.5. The van der Waals surface area contributed by atoms with Crippen molar-refractivity contribution in [1.29, 1.82) is 5.26 Å². The van der Waals surface area contributed by atoms with Gasteiger partial charge < -0.3 is 4.74 Å². The van der Waals surface area contributed by atoms with E-state index in [2.05, 4.69) is 11.1 Å². The molecule has 0 saturated heterocycles. The molecule has 3 aromatic rings. The van der Waals surface area contributed by atoms with Crippen LogP contribution in [0.2, 0.25) is 0 Å². The van der Waals surface area contributed by atoms with Crippen LogP contribution in [0.3, 0.4) is 0 Å². The fourth-order valence-corrected chi connectivity index (χ4v) is 2.41. The molecule has 118 valence electrons. The summed E-state index contributed by atoms with van der Waals surface area (Å²) in [6.07, 6.45) is 0. The summed E-state index contributed by atoms with van der Waals surface area (Å²) in [5.41, 5.74) is 1.40. The van der Waals surface area contributed by atoms with Crippen molar-refractivity contribution in [3.63, 3.8) is 0 Å². The predicted octanol–water partition coefficient (Wildman–Crippen LogP) is 3.42. The lowest BCUT2D eigenvalue weighted by atomic mass is 10.2. The zero-order valence-electron chi connectivity index (χ0n) is 13.4. The molecule has 5 heteroatoms. The number of rotatable bonds is 3. The largest absolute Gasteiger partial charge is 0.448 e. The average molecular weight is 317 g/mol. The van der Waals surface area contributed by atoms with Gasteiger partial charge in [-0.15, -0.1) is 0 Å². The molecule has 1 aromatic heterocycles. The second-order valence-corrected chi connectivity index (χ2v) is 5.29. The van der Waals surface area contributed by atoms with Gasteiger partial charge in [0.25, 0.3) is 5.56 Å². The van der Waals surface area contributed by atoms with E-state index in [1.807, 2.05) is 30.3 Å². The first kappa shape index (κ1) is 15.5. The van der Waals surface area contributed by atoms with Crippen molar-refractivity contribution in [2.75, 3.05) is 0 Å². The molecule has 0 N–H and O–H groups in total. The van der Waals surface area contributed by atoms with E-state index in [0.717, 1.165) is 5.56 Å². The van der Waals surface area contributed by atoms with Crippen molar-refractivity contribution in [3.8, 4) is 29.0 Å². The van der Waals surface area contributed by atoms with Crippen LogP contribution in [0.25, 0.3) is 11.4 Å². The van der Waals surface area contributed by atoms with Gasteiger partial charge in [0.2, 0.25) is 5.75 Å². The van der Waals surface area contributed by atoms with Gasteiger partial charge in [0.15, 0.2) is 0 Å². The SMILES string of the molecule is Cc1nc(-c2ccccc2)n(C)c(=O)c1Oc1ccccc1C#N. The summed E-state index contributed by atoms with van der Waals surface area (Å²) in [5, 5.41) is 9.15. The van der Waals surface area contributed by atoms with Crippen molar-refractivity contribution in [2.24, 2.45) is 7.05 Å². The number of aromatic nitrogens is 2. The van der Waals surface area contributed by atoms with Crippen LogP contribution in [0.15, 0.2) is 59.4 Å². The Hall–Kier alpha value is -3.39. The van der Waals surface area contributed by atoms with E-state index in [1.165, 1.54) is 4.57 Å². The molecule has 3 rings (SSSR count). The van der Waals surface area contributed by atoms with Gasteiger partial charge in [-0.3, -0.25) is 9.36 Å². The summed E-state index contributed by atoms with van der Waals surface area (Å²) in [6.45, 7) is 1.72. The van der Waals surface area contributed by atoms with Crippen LogP contribution in [0.4, 0.5) is 0 Å². The standard InChI is InChI=1S/C19H15N3O2/c1-13-17(24-16-11-7-6-10-15(16)12-20)19(23)22(2)18(21-13)14-8-4-3-5-9-14/h3-11H,1-2H3. The number of benzene rings is 2. The first-order chi connectivity index (χ1) is 11.6. The highest BCUT2D eigenvalue weighted by Gasteiger charge is 2.16. The first-order valence-electron chi connectivity index (χ1n) is 7.42. The Bertz CT molecular complexity index is 986. The molecular formula is C19H15N3O2. The van der Waals surface area contributed by atoms with E-state index in [-0.39, 0.29) is 11.3 Å². The van der Waals surface area contributed by atoms with Crippen molar-refractivity contribution in [1.82, 2.24) is 9.55 Å². The smallest absolute Gasteiger partial charge is 0.296 e. The number of hydrogen-bond acceptors (Lipinski definition) is 4. The third kappa shape index (κ3) is 2.77.